The molecule has 0 aromatic carbocycles. The van der Waals surface area contributed by atoms with Gasteiger partial charge in [-0.25, -0.2) is 4.79 Å². The van der Waals surface area contributed by atoms with Crippen molar-refractivity contribution >= 4 is 23.3 Å². The second-order valence-electron chi connectivity index (χ2n) is 25.3. The number of carbonyl (C=O) groups is 4. The van der Waals surface area contributed by atoms with Gasteiger partial charge in [0.1, 0.15) is 78.4 Å². The van der Waals surface area contributed by atoms with Crippen LogP contribution >= 0.6 is 0 Å². The summed E-state index contributed by atoms with van der Waals surface area (Å²) in [6.45, 7) is 19.2. The SMILES string of the molecule is CC(=O)C[C@]12[C@@H](C(C)=O)CC(C)(C)C[C@H]1C1=CC[C@@H]3[C@@]4(C)CC[C@H](O[C@@H]5O[C@H](C(=O)O)[C@@H](O)[C@H](O)[C@H]5O[C@@H]5O[C@H](CO)[C@@H](O)[C@H](O)[C@H]5O[C@@H]5OC[C@@H](O)[C@H](O)[C@H]5O)C(C)(C)[C@@H]4CC[C@@]3(C)[C@]1(C)C[C@@H]2C(C)=O. The number of allylic oxidation sites excluding steroid dienone is 2. The van der Waals surface area contributed by atoms with Crippen molar-refractivity contribution < 1.29 is 93.6 Å². The van der Waals surface area contributed by atoms with Crippen LogP contribution in [0.4, 0.5) is 0 Å². The number of carbonyl (C=O) groups excluding carboxylic acids is 3. The van der Waals surface area contributed by atoms with Crippen LogP contribution < -0.4 is 0 Å². The summed E-state index contributed by atoms with van der Waals surface area (Å²) in [5.74, 6) is -2.46. The lowest BCUT2D eigenvalue weighted by molar-refractivity contribution is -0.392. The van der Waals surface area contributed by atoms with Gasteiger partial charge in [-0.2, -0.15) is 0 Å². The monoisotopic (exact) mass is 1020 g/mol. The number of carboxylic acid groups (broad SMARTS) is 1. The highest BCUT2D eigenvalue weighted by molar-refractivity contribution is 5.87. The first-order valence-corrected chi connectivity index (χ1v) is 26.1. The standard InChI is InChI=1S/C53H82O19/c1-23(55)17-53-27(24(2)56)18-48(4,5)19-29(53)26-11-12-33-50(8)15-14-34(49(6,7)32(50)13-16-51(33,9)52(26,10)20-28(53)25(3)57)69-47-43(39(63)38(62)41(70-47)44(65)66)72-46-42(37(61)36(60)31(21-54)68-46)71-45-40(64)35(59)30(58)22-67-45/h11,27-43,45-47,54,58-64H,12-22H2,1-10H3,(H,65,66)/t27-,28-,29+,30-,31-,32+,33-,34+,35+,36-,37+,38+,39+,40-,41+,42-,43-,45+,46+,47-,50+,51-,52-,53-/m1/s1. The third kappa shape index (κ3) is 8.82. The van der Waals surface area contributed by atoms with Crippen molar-refractivity contribution in [2.45, 2.75) is 219 Å². The van der Waals surface area contributed by atoms with Gasteiger partial charge < -0.3 is 79.2 Å². The molecule has 0 bridgehead atoms. The van der Waals surface area contributed by atoms with Crippen molar-refractivity contribution in [3.8, 4) is 0 Å². The summed E-state index contributed by atoms with van der Waals surface area (Å²) >= 11 is 0. The smallest absolute Gasteiger partial charge is 0.335 e. The second kappa shape index (κ2) is 19.6. The van der Waals surface area contributed by atoms with Crippen LogP contribution in [0.1, 0.15) is 127 Å². The van der Waals surface area contributed by atoms with Crippen LogP contribution in [0.3, 0.4) is 0 Å². The number of ketones is 3. The van der Waals surface area contributed by atoms with Gasteiger partial charge in [0.15, 0.2) is 25.0 Å². The van der Waals surface area contributed by atoms with Crippen LogP contribution in [-0.4, -0.2) is 175 Å². The molecule has 408 valence electrons. The highest BCUT2D eigenvalue weighted by atomic mass is 16.8. The zero-order valence-electron chi connectivity index (χ0n) is 43.5. The zero-order chi connectivity index (χ0) is 53.2. The van der Waals surface area contributed by atoms with Gasteiger partial charge in [-0.15, -0.1) is 0 Å². The Morgan fingerprint density at radius 3 is 1.88 bits per heavy atom. The number of fused-ring (bicyclic) bond motifs is 7. The van der Waals surface area contributed by atoms with E-state index in [0.717, 1.165) is 25.7 Å². The molecular weight excluding hydrogens is 941 g/mol. The molecule has 9 N–H and O–H groups in total. The number of ether oxygens (including phenoxy) is 6. The van der Waals surface area contributed by atoms with Crippen LogP contribution in [0, 0.1) is 62.1 Å². The first-order chi connectivity index (χ1) is 33.4. The molecule has 0 aromatic rings. The molecule has 0 aromatic heterocycles. The molecule has 0 amide bonds. The van der Waals surface area contributed by atoms with Gasteiger partial charge in [0.2, 0.25) is 0 Å². The molecule has 8 rings (SSSR count). The number of aliphatic hydroxyl groups excluding tert-OH is 8. The molecule has 8 aliphatic rings. The fourth-order valence-electron chi connectivity index (χ4n) is 16.8. The van der Waals surface area contributed by atoms with Crippen LogP contribution in [0.25, 0.3) is 0 Å². The highest BCUT2D eigenvalue weighted by Gasteiger charge is 2.72. The van der Waals surface area contributed by atoms with Crippen molar-refractivity contribution in [3.05, 3.63) is 11.6 Å². The van der Waals surface area contributed by atoms with Crippen molar-refractivity contribution in [1.29, 1.82) is 0 Å². The fourth-order valence-corrected chi connectivity index (χ4v) is 16.8. The van der Waals surface area contributed by atoms with E-state index in [-0.39, 0.29) is 57.8 Å². The third-order valence-electron chi connectivity index (χ3n) is 20.4. The van der Waals surface area contributed by atoms with Crippen LogP contribution in [0.2, 0.25) is 0 Å². The first-order valence-electron chi connectivity index (χ1n) is 26.1. The van der Waals surface area contributed by atoms with Crippen molar-refractivity contribution in [1.82, 2.24) is 0 Å². The molecule has 7 fully saturated rings. The summed E-state index contributed by atoms with van der Waals surface area (Å²) in [7, 11) is 0. The minimum atomic E-state index is -2.06. The number of Topliss-reactive ketones (excluding diaryl/α,β-unsaturated/α-hetero) is 3. The molecule has 0 unspecified atom stereocenters. The molecule has 5 aliphatic carbocycles. The van der Waals surface area contributed by atoms with Gasteiger partial charge in [0.25, 0.3) is 0 Å². The summed E-state index contributed by atoms with van der Waals surface area (Å²) in [6, 6.07) is 0. The average molecular weight is 1020 g/mol. The van der Waals surface area contributed by atoms with Gasteiger partial charge in [-0.3, -0.25) is 9.59 Å². The molecule has 19 heteroatoms. The van der Waals surface area contributed by atoms with E-state index in [0.29, 0.717) is 25.7 Å². The molecule has 3 heterocycles. The summed E-state index contributed by atoms with van der Waals surface area (Å²) in [6.07, 6.45) is -17.7. The minimum absolute atomic E-state index is 0.0139. The van der Waals surface area contributed by atoms with Crippen LogP contribution in [-0.2, 0) is 47.6 Å². The number of rotatable bonds is 12. The minimum Gasteiger partial charge on any atom is -0.479 e. The molecule has 0 spiro atoms. The van der Waals surface area contributed by atoms with Crippen molar-refractivity contribution in [2.75, 3.05) is 13.2 Å². The Hall–Kier alpha value is -2.34. The summed E-state index contributed by atoms with van der Waals surface area (Å²) in [5, 5.41) is 96.4. The first kappa shape index (κ1) is 55.9. The van der Waals surface area contributed by atoms with Crippen LogP contribution in [0.5, 0.6) is 0 Å². The van der Waals surface area contributed by atoms with E-state index in [1.165, 1.54) is 5.57 Å². The van der Waals surface area contributed by atoms with E-state index < -0.39 is 139 Å². The summed E-state index contributed by atoms with van der Waals surface area (Å²) in [5.41, 5.74) is -1.40. The Bertz CT molecular complexity index is 2110. The number of aliphatic carboxylic acids is 1. The molecule has 0 radical (unpaired) electrons. The van der Waals surface area contributed by atoms with E-state index in [1.807, 2.05) is 0 Å². The zero-order valence-corrected chi connectivity index (χ0v) is 43.5. The Morgan fingerprint density at radius 1 is 0.681 bits per heavy atom. The predicted molar refractivity (Wildman–Crippen MR) is 252 cm³/mol. The third-order valence-corrected chi connectivity index (χ3v) is 20.4. The Labute approximate surface area is 421 Å². The summed E-state index contributed by atoms with van der Waals surface area (Å²) < 4.78 is 36.1. The average Bonchev–Trinajstić information content (AvgIpc) is 3.28. The Morgan fingerprint density at radius 2 is 1.28 bits per heavy atom. The number of carboxylic acids is 1. The van der Waals surface area contributed by atoms with Gasteiger partial charge in [0, 0.05) is 23.7 Å². The molecule has 3 saturated heterocycles. The molecule has 19 nitrogen and oxygen atoms in total. The molecule has 24 atom stereocenters. The van der Waals surface area contributed by atoms with Gasteiger partial charge >= 0.3 is 5.97 Å². The predicted octanol–water partition coefficient (Wildman–Crippen LogP) is 1.96. The van der Waals surface area contributed by atoms with E-state index in [1.54, 1.807) is 20.8 Å². The Balaban J connectivity index is 1.10. The normalized spacial score (nSPS) is 50.8. The topological polar surface area (TPSA) is 306 Å². The number of aliphatic hydroxyl groups is 8. The van der Waals surface area contributed by atoms with Gasteiger partial charge in [0.05, 0.1) is 19.3 Å². The quantitative estimate of drug-likeness (QED) is 0.0997. The highest BCUT2D eigenvalue weighted by Crippen LogP contribution is 2.78. The van der Waals surface area contributed by atoms with E-state index in [4.69, 9.17) is 28.4 Å². The number of hydrogen-bond donors (Lipinski definition) is 9. The van der Waals surface area contributed by atoms with Crippen molar-refractivity contribution in [2.24, 2.45) is 62.1 Å². The van der Waals surface area contributed by atoms with Gasteiger partial charge in [-0.05, 0) is 117 Å². The van der Waals surface area contributed by atoms with E-state index >= 15 is 0 Å². The maximum Gasteiger partial charge on any atom is 0.335 e. The Kier molecular flexibility index (Phi) is 15.2. The lowest BCUT2D eigenvalue weighted by atomic mass is 9.31. The maximum atomic E-state index is 14.2. The molecule has 72 heavy (non-hydrogen) atoms. The lowest BCUT2D eigenvalue weighted by Gasteiger charge is -2.73. The molecule has 4 saturated carbocycles. The maximum absolute atomic E-state index is 14.2. The van der Waals surface area contributed by atoms with E-state index in [2.05, 4.69) is 54.5 Å². The second-order valence-corrected chi connectivity index (χ2v) is 25.3. The molecular formula is C53H82O19. The molecule has 3 aliphatic heterocycles. The largest absolute Gasteiger partial charge is 0.479 e. The van der Waals surface area contributed by atoms with Crippen LogP contribution in [0.15, 0.2) is 11.6 Å². The van der Waals surface area contributed by atoms with Crippen molar-refractivity contribution in [3.63, 3.8) is 0 Å². The van der Waals surface area contributed by atoms with E-state index in [9.17, 15) is 65.1 Å². The summed E-state index contributed by atoms with van der Waals surface area (Å²) in [4.78, 5) is 53.9. The van der Waals surface area contributed by atoms with Gasteiger partial charge in [-0.1, -0.05) is 60.1 Å². The lowest BCUT2D eigenvalue weighted by Crippen LogP contribution is -2.68. The number of hydrogen-bond acceptors (Lipinski definition) is 18. The fraction of sp³-hybridized carbons (Fsp3) is 0.887.